The minimum Gasteiger partial charge on any atom is -0.328 e. The molecule has 1 rings (SSSR count). The Bertz CT molecular complexity index is 354. The van der Waals surface area contributed by atoms with E-state index in [9.17, 15) is 13.2 Å². The molecular weight excluding hydrogens is 207 g/mol. The van der Waals surface area contributed by atoms with Crippen molar-refractivity contribution in [3.05, 3.63) is 17.0 Å². The third-order valence-corrected chi connectivity index (χ3v) is 2.58. The highest BCUT2D eigenvalue weighted by atomic mass is 19.4. The summed E-state index contributed by atoms with van der Waals surface area (Å²) in [5.74, 6) is 0. The van der Waals surface area contributed by atoms with E-state index in [0.717, 1.165) is 10.2 Å². The lowest BCUT2D eigenvalue weighted by molar-refractivity contribution is -0.167. The van der Waals surface area contributed by atoms with E-state index in [-0.39, 0.29) is 0 Å². The molecule has 1 atom stereocenters. The van der Waals surface area contributed by atoms with Crippen LogP contribution in [0.5, 0.6) is 0 Å². The maximum absolute atomic E-state index is 12.6. The van der Waals surface area contributed by atoms with Gasteiger partial charge in [-0.1, -0.05) is 0 Å². The Hall–Kier alpha value is -1.04. The third-order valence-electron chi connectivity index (χ3n) is 2.58. The predicted molar refractivity (Wildman–Crippen MR) is 50.6 cm³/mol. The lowest BCUT2D eigenvalue weighted by Gasteiger charge is -2.20. The number of alkyl halides is 3. The van der Waals surface area contributed by atoms with E-state index in [2.05, 4.69) is 5.10 Å². The third kappa shape index (κ3) is 2.14. The van der Waals surface area contributed by atoms with Crippen LogP contribution < -0.4 is 5.73 Å². The number of nitrogens with two attached hydrogens (primary N) is 1. The van der Waals surface area contributed by atoms with Crippen molar-refractivity contribution in [3.63, 3.8) is 0 Å². The molecule has 0 amide bonds. The van der Waals surface area contributed by atoms with Crippen LogP contribution in [0.4, 0.5) is 13.2 Å². The molecule has 0 aliphatic heterocycles. The topological polar surface area (TPSA) is 43.8 Å². The Kier molecular flexibility index (Phi) is 3.08. The van der Waals surface area contributed by atoms with Gasteiger partial charge < -0.3 is 5.73 Å². The van der Waals surface area contributed by atoms with E-state index < -0.39 is 18.8 Å². The summed E-state index contributed by atoms with van der Waals surface area (Å²) in [5.41, 5.74) is 7.03. The molecule has 0 aliphatic carbocycles. The Morgan fingerprint density at radius 1 is 1.33 bits per heavy atom. The van der Waals surface area contributed by atoms with Crippen molar-refractivity contribution in [1.29, 1.82) is 0 Å². The van der Waals surface area contributed by atoms with Gasteiger partial charge in [0.05, 0.1) is 5.69 Å². The second kappa shape index (κ2) is 3.84. The van der Waals surface area contributed by atoms with Crippen molar-refractivity contribution in [2.24, 2.45) is 5.73 Å². The van der Waals surface area contributed by atoms with Crippen molar-refractivity contribution in [3.8, 4) is 0 Å². The number of hydrogen-bond donors (Lipinski definition) is 1. The molecule has 6 heteroatoms. The quantitative estimate of drug-likeness (QED) is 0.828. The molecule has 2 N–H and O–H groups in total. The zero-order chi connectivity index (χ0) is 11.8. The first-order chi connectivity index (χ1) is 6.79. The van der Waals surface area contributed by atoms with Crippen LogP contribution in [-0.4, -0.2) is 22.5 Å². The maximum Gasteiger partial charge on any atom is 0.412 e. The summed E-state index contributed by atoms with van der Waals surface area (Å²) in [4.78, 5) is 0. The van der Waals surface area contributed by atoms with Crippen LogP contribution in [0.2, 0.25) is 0 Å². The molecule has 0 radical (unpaired) electrons. The fourth-order valence-electron chi connectivity index (χ4n) is 1.42. The number of halogens is 3. The smallest absolute Gasteiger partial charge is 0.328 e. The highest BCUT2D eigenvalue weighted by Crippen LogP contribution is 2.31. The number of nitrogens with zero attached hydrogens (tertiary/aromatic N) is 2. The summed E-state index contributed by atoms with van der Waals surface area (Å²) in [6.07, 6.45) is -4.36. The van der Waals surface area contributed by atoms with Crippen LogP contribution >= 0.6 is 0 Å². The number of aryl methyl sites for hydroxylation is 1. The molecule has 86 valence electrons. The molecule has 0 spiro atoms. The lowest BCUT2D eigenvalue weighted by atomic mass is 10.2. The first kappa shape index (κ1) is 12.0. The molecule has 1 heterocycles. The Labute approximate surface area is 86.1 Å². The van der Waals surface area contributed by atoms with Crippen LogP contribution in [-0.2, 0) is 0 Å². The van der Waals surface area contributed by atoms with Crippen molar-refractivity contribution < 1.29 is 13.2 Å². The average Bonchev–Trinajstić information content (AvgIpc) is 2.33. The van der Waals surface area contributed by atoms with Gasteiger partial charge in [-0.2, -0.15) is 18.3 Å². The molecule has 1 unspecified atom stereocenters. The number of aromatic nitrogens is 2. The van der Waals surface area contributed by atoms with Crippen LogP contribution in [0, 0.1) is 20.8 Å². The highest BCUT2D eigenvalue weighted by Gasteiger charge is 2.41. The van der Waals surface area contributed by atoms with Gasteiger partial charge in [0.25, 0.3) is 0 Å². The molecule has 0 saturated carbocycles. The molecule has 0 fully saturated rings. The zero-order valence-corrected chi connectivity index (χ0v) is 8.89. The number of rotatable bonds is 2. The zero-order valence-electron chi connectivity index (χ0n) is 8.89. The average molecular weight is 221 g/mol. The van der Waals surface area contributed by atoms with Crippen molar-refractivity contribution in [1.82, 2.24) is 9.78 Å². The van der Waals surface area contributed by atoms with Gasteiger partial charge >= 0.3 is 6.18 Å². The molecule has 0 aliphatic rings. The second-order valence-electron chi connectivity index (χ2n) is 3.53. The summed E-state index contributed by atoms with van der Waals surface area (Å²) in [7, 11) is 0. The van der Waals surface area contributed by atoms with Gasteiger partial charge in [-0.15, -0.1) is 0 Å². The van der Waals surface area contributed by atoms with Crippen LogP contribution in [0.25, 0.3) is 0 Å². The molecule has 3 nitrogen and oxygen atoms in total. The predicted octanol–water partition coefficient (Wildman–Crippen LogP) is 1.87. The Morgan fingerprint density at radius 2 is 1.87 bits per heavy atom. The molecular formula is C9H14F3N3. The van der Waals surface area contributed by atoms with E-state index in [1.54, 1.807) is 20.8 Å². The SMILES string of the molecule is Cc1nn(C(CN)C(F)(F)F)c(C)c1C. The summed E-state index contributed by atoms with van der Waals surface area (Å²) in [5, 5.41) is 3.86. The fraction of sp³-hybridized carbons (Fsp3) is 0.667. The van der Waals surface area contributed by atoms with E-state index in [4.69, 9.17) is 5.73 Å². The minimum absolute atomic E-state index is 0.495. The highest BCUT2D eigenvalue weighted by molar-refractivity contribution is 5.22. The van der Waals surface area contributed by atoms with Crippen molar-refractivity contribution in [2.75, 3.05) is 6.54 Å². The largest absolute Gasteiger partial charge is 0.412 e. The van der Waals surface area contributed by atoms with Gasteiger partial charge in [-0.05, 0) is 26.3 Å². The van der Waals surface area contributed by atoms with E-state index in [1.165, 1.54) is 0 Å². The van der Waals surface area contributed by atoms with E-state index in [1.807, 2.05) is 0 Å². The van der Waals surface area contributed by atoms with Crippen LogP contribution in [0.1, 0.15) is 23.0 Å². The van der Waals surface area contributed by atoms with Crippen LogP contribution in [0.15, 0.2) is 0 Å². The normalized spacial score (nSPS) is 14.3. The maximum atomic E-state index is 12.6. The van der Waals surface area contributed by atoms with E-state index >= 15 is 0 Å². The summed E-state index contributed by atoms with van der Waals surface area (Å²) in [6.45, 7) is 4.55. The Morgan fingerprint density at radius 3 is 2.13 bits per heavy atom. The summed E-state index contributed by atoms with van der Waals surface area (Å²) >= 11 is 0. The van der Waals surface area contributed by atoms with Gasteiger partial charge in [-0.25, -0.2) is 0 Å². The monoisotopic (exact) mass is 221 g/mol. The van der Waals surface area contributed by atoms with Crippen molar-refractivity contribution >= 4 is 0 Å². The molecule has 0 bridgehead atoms. The van der Waals surface area contributed by atoms with E-state index in [0.29, 0.717) is 11.4 Å². The minimum atomic E-state index is -4.36. The molecule has 0 saturated heterocycles. The van der Waals surface area contributed by atoms with Crippen LogP contribution in [0.3, 0.4) is 0 Å². The summed E-state index contributed by atoms with van der Waals surface area (Å²) in [6, 6.07) is -1.73. The Balaban J connectivity index is 3.19. The molecule has 1 aromatic rings. The first-order valence-electron chi connectivity index (χ1n) is 4.58. The fourth-order valence-corrected chi connectivity index (χ4v) is 1.42. The number of hydrogen-bond acceptors (Lipinski definition) is 2. The molecule has 0 aromatic carbocycles. The van der Waals surface area contributed by atoms with Gasteiger partial charge in [0.15, 0.2) is 6.04 Å². The molecule has 1 aromatic heterocycles. The lowest BCUT2D eigenvalue weighted by Crippen LogP contribution is -2.34. The van der Waals surface area contributed by atoms with Gasteiger partial charge in [0.1, 0.15) is 0 Å². The second-order valence-corrected chi connectivity index (χ2v) is 3.53. The summed E-state index contributed by atoms with van der Waals surface area (Å²) < 4.78 is 38.7. The first-order valence-corrected chi connectivity index (χ1v) is 4.58. The standard InChI is InChI=1S/C9H14F3N3/c1-5-6(2)14-15(7(5)3)8(4-13)9(10,11)12/h8H,4,13H2,1-3H3. The molecule has 15 heavy (non-hydrogen) atoms. The van der Waals surface area contributed by atoms with Gasteiger partial charge in [-0.3, -0.25) is 4.68 Å². The van der Waals surface area contributed by atoms with Gasteiger partial charge in [0, 0.05) is 12.2 Å². The van der Waals surface area contributed by atoms with Crippen molar-refractivity contribution in [2.45, 2.75) is 33.0 Å². The van der Waals surface area contributed by atoms with Gasteiger partial charge in [0.2, 0.25) is 0 Å².